The highest BCUT2D eigenvalue weighted by Crippen LogP contribution is 2.50. The number of benzene rings is 1. The van der Waals surface area contributed by atoms with Crippen LogP contribution in [-0.2, 0) is 16.0 Å². The molecule has 1 aromatic rings. The molecule has 0 heterocycles. The van der Waals surface area contributed by atoms with Crippen molar-refractivity contribution in [1.82, 2.24) is 0 Å². The summed E-state index contributed by atoms with van der Waals surface area (Å²) in [5.41, 5.74) is 6.51. The fraction of sp³-hybridized carbons (Fsp3) is 0.533. The summed E-state index contributed by atoms with van der Waals surface area (Å²) in [6.45, 7) is 5.65. The Bertz CT molecular complexity index is 501. The predicted octanol–water partition coefficient (Wildman–Crippen LogP) is 3.59. The Morgan fingerprint density at radius 2 is 2.05 bits per heavy atom. The monoisotopic (exact) mass is 281 g/mol. The van der Waals surface area contributed by atoms with Gasteiger partial charge in [0.1, 0.15) is 5.60 Å². The third kappa shape index (κ3) is 3.41. The molecule has 0 radical (unpaired) electrons. The molecule has 0 unspecified atom stereocenters. The first-order chi connectivity index (χ1) is 8.72. The average Bonchev–Trinajstić information content (AvgIpc) is 3.02. The summed E-state index contributed by atoms with van der Waals surface area (Å²) in [4.78, 5) is 12.2. The second-order valence-corrected chi connectivity index (χ2v) is 6.72. The molecule has 2 N–H and O–H groups in total. The van der Waals surface area contributed by atoms with Crippen LogP contribution in [0.25, 0.3) is 0 Å². The van der Waals surface area contributed by atoms with E-state index >= 15 is 0 Å². The minimum Gasteiger partial charge on any atom is -0.460 e. The fourth-order valence-corrected chi connectivity index (χ4v) is 2.27. The van der Waals surface area contributed by atoms with E-state index in [9.17, 15) is 4.79 Å². The lowest BCUT2D eigenvalue weighted by atomic mass is 9.96. The zero-order valence-electron chi connectivity index (χ0n) is 11.6. The number of hydrogen-bond donors (Lipinski definition) is 1. The van der Waals surface area contributed by atoms with Crippen LogP contribution in [0.3, 0.4) is 0 Å². The molecule has 0 bridgehead atoms. The topological polar surface area (TPSA) is 52.3 Å². The molecule has 1 fully saturated rings. The van der Waals surface area contributed by atoms with Gasteiger partial charge in [0.25, 0.3) is 0 Å². The van der Waals surface area contributed by atoms with E-state index in [2.05, 4.69) is 0 Å². The van der Waals surface area contributed by atoms with Crippen molar-refractivity contribution in [1.29, 1.82) is 0 Å². The number of anilines is 1. The van der Waals surface area contributed by atoms with Crippen LogP contribution in [0.15, 0.2) is 18.2 Å². The molecule has 1 aliphatic rings. The van der Waals surface area contributed by atoms with Crippen molar-refractivity contribution in [2.45, 2.75) is 45.6 Å². The number of ether oxygens (including phenoxy) is 1. The summed E-state index contributed by atoms with van der Waals surface area (Å²) < 4.78 is 5.49. The molecule has 19 heavy (non-hydrogen) atoms. The summed E-state index contributed by atoms with van der Waals surface area (Å²) in [6, 6.07) is 5.38. The lowest BCUT2D eigenvalue weighted by Crippen LogP contribution is -2.30. The number of carbonyl (C=O) groups is 1. The van der Waals surface area contributed by atoms with Gasteiger partial charge < -0.3 is 10.5 Å². The molecule has 0 spiro atoms. The van der Waals surface area contributed by atoms with Gasteiger partial charge in [-0.05, 0) is 63.8 Å². The van der Waals surface area contributed by atoms with E-state index in [-0.39, 0.29) is 5.97 Å². The minimum atomic E-state index is -0.452. The third-order valence-corrected chi connectivity index (χ3v) is 3.65. The lowest BCUT2D eigenvalue weighted by Gasteiger charge is -2.24. The third-order valence-electron chi connectivity index (χ3n) is 3.28. The highest BCUT2D eigenvalue weighted by atomic mass is 35.5. The Morgan fingerprint density at radius 3 is 2.58 bits per heavy atom. The largest absolute Gasteiger partial charge is 0.460 e. The molecule has 0 amide bonds. The number of rotatable bonds is 3. The Balaban J connectivity index is 2.14. The number of nitrogen functional groups attached to an aromatic ring is 1. The second kappa shape index (κ2) is 4.71. The Hall–Kier alpha value is -1.22. The first-order valence-electron chi connectivity index (χ1n) is 6.49. The number of halogens is 1. The molecular formula is C15H20ClNO2. The van der Waals surface area contributed by atoms with Crippen molar-refractivity contribution in [3.8, 4) is 0 Å². The SMILES string of the molecule is CC(C)(C)OC(=O)C1(Cc2cc(N)ccc2Cl)CC1. The Kier molecular flexibility index (Phi) is 3.52. The molecule has 2 rings (SSSR count). The van der Waals surface area contributed by atoms with Gasteiger partial charge in [-0.15, -0.1) is 0 Å². The zero-order valence-corrected chi connectivity index (χ0v) is 12.4. The van der Waals surface area contributed by atoms with Crippen LogP contribution in [-0.4, -0.2) is 11.6 Å². The van der Waals surface area contributed by atoms with Gasteiger partial charge in [0.15, 0.2) is 0 Å². The van der Waals surface area contributed by atoms with Gasteiger partial charge in [0.2, 0.25) is 0 Å². The van der Waals surface area contributed by atoms with Crippen LogP contribution in [0.5, 0.6) is 0 Å². The molecule has 1 aliphatic carbocycles. The van der Waals surface area contributed by atoms with E-state index < -0.39 is 11.0 Å². The van der Waals surface area contributed by atoms with Crippen LogP contribution in [0, 0.1) is 5.41 Å². The van der Waals surface area contributed by atoms with Crippen LogP contribution in [0.2, 0.25) is 5.02 Å². The molecule has 1 aromatic carbocycles. The fourth-order valence-electron chi connectivity index (χ4n) is 2.09. The number of hydrogen-bond acceptors (Lipinski definition) is 3. The molecule has 3 nitrogen and oxygen atoms in total. The first kappa shape index (κ1) is 14.2. The van der Waals surface area contributed by atoms with Crippen molar-refractivity contribution >= 4 is 23.3 Å². The van der Waals surface area contributed by atoms with Crippen molar-refractivity contribution in [2.75, 3.05) is 5.73 Å². The van der Waals surface area contributed by atoms with E-state index in [1.807, 2.05) is 26.8 Å². The molecule has 1 saturated carbocycles. The summed E-state index contributed by atoms with van der Waals surface area (Å²) in [7, 11) is 0. The van der Waals surface area contributed by atoms with E-state index in [0.717, 1.165) is 18.4 Å². The molecule has 0 saturated heterocycles. The smallest absolute Gasteiger partial charge is 0.312 e. The molecule has 0 aliphatic heterocycles. The first-order valence-corrected chi connectivity index (χ1v) is 6.87. The van der Waals surface area contributed by atoms with E-state index in [4.69, 9.17) is 22.1 Å². The van der Waals surface area contributed by atoms with Crippen molar-refractivity contribution < 1.29 is 9.53 Å². The predicted molar refractivity (Wildman–Crippen MR) is 77.1 cm³/mol. The van der Waals surface area contributed by atoms with Gasteiger partial charge in [0, 0.05) is 10.7 Å². The number of carbonyl (C=O) groups excluding carboxylic acids is 1. The summed E-state index contributed by atoms with van der Waals surface area (Å²) in [6.07, 6.45) is 2.31. The summed E-state index contributed by atoms with van der Waals surface area (Å²) >= 11 is 6.16. The highest BCUT2D eigenvalue weighted by Gasteiger charge is 2.52. The maximum atomic E-state index is 12.2. The highest BCUT2D eigenvalue weighted by molar-refractivity contribution is 6.31. The van der Waals surface area contributed by atoms with E-state index in [0.29, 0.717) is 17.1 Å². The van der Waals surface area contributed by atoms with Crippen LogP contribution >= 0.6 is 11.6 Å². The molecule has 0 atom stereocenters. The molecular weight excluding hydrogens is 262 g/mol. The maximum Gasteiger partial charge on any atom is 0.312 e. The van der Waals surface area contributed by atoms with Gasteiger partial charge in [-0.3, -0.25) is 4.79 Å². The minimum absolute atomic E-state index is 0.126. The van der Waals surface area contributed by atoms with Crippen LogP contribution in [0.4, 0.5) is 5.69 Å². The maximum absolute atomic E-state index is 12.2. The van der Waals surface area contributed by atoms with Gasteiger partial charge >= 0.3 is 5.97 Å². The van der Waals surface area contributed by atoms with Crippen LogP contribution in [0.1, 0.15) is 39.2 Å². The zero-order chi connectivity index (χ0) is 14.3. The number of nitrogens with two attached hydrogens (primary N) is 1. The molecule has 104 valence electrons. The van der Waals surface area contributed by atoms with Crippen molar-refractivity contribution in [3.05, 3.63) is 28.8 Å². The summed E-state index contributed by atoms with van der Waals surface area (Å²) in [5, 5.41) is 0.657. The second-order valence-electron chi connectivity index (χ2n) is 6.31. The van der Waals surface area contributed by atoms with Crippen LogP contribution < -0.4 is 5.73 Å². The van der Waals surface area contributed by atoms with Crippen molar-refractivity contribution in [3.63, 3.8) is 0 Å². The van der Waals surface area contributed by atoms with E-state index in [1.54, 1.807) is 12.1 Å². The van der Waals surface area contributed by atoms with Gasteiger partial charge in [-0.25, -0.2) is 0 Å². The Labute approximate surface area is 119 Å². The lowest BCUT2D eigenvalue weighted by molar-refractivity contribution is -0.161. The van der Waals surface area contributed by atoms with Crippen molar-refractivity contribution in [2.24, 2.45) is 5.41 Å². The quantitative estimate of drug-likeness (QED) is 0.680. The van der Waals surface area contributed by atoms with E-state index in [1.165, 1.54) is 0 Å². The average molecular weight is 282 g/mol. The number of esters is 1. The normalized spacial score (nSPS) is 17.1. The molecule has 4 heteroatoms. The van der Waals surface area contributed by atoms with Gasteiger partial charge in [-0.1, -0.05) is 11.6 Å². The van der Waals surface area contributed by atoms with Gasteiger partial charge in [0.05, 0.1) is 5.41 Å². The summed E-state index contributed by atoms with van der Waals surface area (Å²) in [5.74, 6) is -0.126. The van der Waals surface area contributed by atoms with Gasteiger partial charge in [-0.2, -0.15) is 0 Å². The standard InChI is InChI=1S/C15H20ClNO2/c1-14(2,3)19-13(18)15(6-7-15)9-10-8-11(17)4-5-12(10)16/h4-5,8H,6-7,9,17H2,1-3H3. The molecule has 0 aromatic heterocycles. The Morgan fingerprint density at radius 1 is 1.42 bits per heavy atom.